The maximum absolute atomic E-state index is 12.9. The lowest BCUT2D eigenvalue weighted by Crippen LogP contribution is -2.39. The van der Waals surface area contributed by atoms with Crippen LogP contribution in [0.4, 0.5) is 13.2 Å². The molecule has 1 aromatic rings. The summed E-state index contributed by atoms with van der Waals surface area (Å²) in [7, 11) is 1.33. The summed E-state index contributed by atoms with van der Waals surface area (Å²) in [6.07, 6.45) is -1.84. The quantitative estimate of drug-likeness (QED) is 0.912. The van der Waals surface area contributed by atoms with Crippen molar-refractivity contribution in [2.24, 2.45) is 0 Å². The van der Waals surface area contributed by atoms with Crippen molar-refractivity contribution in [3.63, 3.8) is 0 Å². The minimum absolute atomic E-state index is 0.0341. The lowest BCUT2D eigenvalue weighted by Gasteiger charge is -2.37. The Labute approximate surface area is 119 Å². The van der Waals surface area contributed by atoms with E-state index < -0.39 is 17.3 Å². The first kappa shape index (κ1) is 14.6. The van der Waals surface area contributed by atoms with Crippen LogP contribution in [0.15, 0.2) is 12.3 Å². The average Bonchev–Trinajstić information content (AvgIpc) is 2.77. The van der Waals surface area contributed by atoms with Crippen molar-refractivity contribution < 1.29 is 27.8 Å². The maximum atomic E-state index is 12.9. The Morgan fingerprint density at radius 1 is 1.33 bits per heavy atom. The fourth-order valence-corrected chi connectivity index (χ4v) is 3.24. The molecule has 21 heavy (non-hydrogen) atoms. The molecular weight excluding hydrogens is 287 g/mol. The van der Waals surface area contributed by atoms with Gasteiger partial charge >= 0.3 is 6.18 Å². The minimum Gasteiger partial charge on any atom is -0.481 e. The summed E-state index contributed by atoms with van der Waals surface area (Å²) in [6, 6.07) is 0.941. The molecule has 1 aromatic heterocycles. The molecule has 2 saturated heterocycles. The number of methoxy groups -OCH3 is 1. The van der Waals surface area contributed by atoms with Crippen LogP contribution in [0.5, 0.6) is 5.88 Å². The molecular formula is C14H16F3NO3. The van der Waals surface area contributed by atoms with Crippen molar-refractivity contribution >= 4 is 0 Å². The van der Waals surface area contributed by atoms with Crippen molar-refractivity contribution in [1.29, 1.82) is 0 Å². The Balaban J connectivity index is 2.03. The van der Waals surface area contributed by atoms with E-state index >= 15 is 0 Å². The van der Waals surface area contributed by atoms with Gasteiger partial charge in [0.25, 0.3) is 0 Å². The Kier molecular flexibility index (Phi) is 3.37. The van der Waals surface area contributed by atoms with Crippen LogP contribution in [0.2, 0.25) is 0 Å². The first-order valence-electron chi connectivity index (χ1n) is 6.81. The molecule has 0 aromatic carbocycles. The zero-order valence-corrected chi connectivity index (χ0v) is 11.5. The van der Waals surface area contributed by atoms with E-state index in [4.69, 9.17) is 9.47 Å². The predicted octanol–water partition coefficient (Wildman–Crippen LogP) is 2.64. The Bertz CT molecular complexity index is 535. The van der Waals surface area contributed by atoms with E-state index in [1.165, 1.54) is 7.11 Å². The van der Waals surface area contributed by atoms with E-state index in [1.807, 2.05) is 0 Å². The second kappa shape index (κ2) is 4.84. The number of hydrogen-bond donors (Lipinski definition) is 1. The summed E-state index contributed by atoms with van der Waals surface area (Å²) in [5, 5.41) is 10.9. The summed E-state index contributed by atoms with van der Waals surface area (Å²) in [4.78, 5) is 3.71. The Morgan fingerprint density at radius 2 is 1.95 bits per heavy atom. The van der Waals surface area contributed by atoms with Gasteiger partial charge in [-0.3, -0.25) is 0 Å². The molecule has 0 aliphatic carbocycles. The molecule has 0 spiro atoms. The lowest BCUT2D eigenvalue weighted by molar-refractivity contribution is -0.138. The Morgan fingerprint density at radius 3 is 2.48 bits per heavy atom. The molecule has 2 atom stereocenters. The molecule has 4 nitrogen and oxygen atoms in total. The fraction of sp³-hybridized carbons (Fsp3) is 0.643. The van der Waals surface area contributed by atoms with Gasteiger partial charge in [0.2, 0.25) is 5.88 Å². The van der Waals surface area contributed by atoms with E-state index in [9.17, 15) is 18.3 Å². The zero-order chi connectivity index (χ0) is 15.3. The highest BCUT2D eigenvalue weighted by atomic mass is 19.4. The molecule has 2 bridgehead atoms. The number of aromatic nitrogens is 1. The molecule has 2 fully saturated rings. The fourth-order valence-electron chi connectivity index (χ4n) is 3.24. The van der Waals surface area contributed by atoms with Crippen molar-refractivity contribution in [2.45, 2.75) is 49.7 Å². The van der Waals surface area contributed by atoms with E-state index in [0.717, 1.165) is 25.1 Å². The van der Waals surface area contributed by atoms with Gasteiger partial charge in [-0.25, -0.2) is 4.98 Å². The molecule has 7 heteroatoms. The molecule has 2 unspecified atom stereocenters. The highest BCUT2D eigenvalue weighted by Crippen LogP contribution is 2.47. The first-order valence-corrected chi connectivity index (χ1v) is 6.81. The summed E-state index contributed by atoms with van der Waals surface area (Å²) in [6.45, 7) is 0. The molecule has 2 aliphatic rings. The molecule has 1 N–H and O–H groups in total. The van der Waals surface area contributed by atoms with Crippen LogP contribution in [-0.4, -0.2) is 29.4 Å². The topological polar surface area (TPSA) is 51.6 Å². The van der Waals surface area contributed by atoms with Gasteiger partial charge in [-0.05, 0) is 18.9 Å². The normalized spacial score (nSPS) is 32.2. The van der Waals surface area contributed by atoms with Gasteiger partial charge in [0, 0.05) is 24.6 Å². The van der Waals surface area contributed by atoms with Gasteiger partial charge in [-0.1, -0.05) is 0 Å². The van der Waals surface area contributed by atoms with Crippen molar-refractivity contribution in [1.82, 2.24) is 4.98 Å². The van der Waals surface area contributed by atoms with Gasteiger partial charge in [0.05, 0.1) is 30.5 Å². The summed E-state index contributed by atoms with van der Waals surface area (Å²) in [5.41, 5.74) is -2.17. The number of ether oxygens (including phenoxy) is 2. The zero-order valence-electron chi connectivity index (χ0n) is 11.5. The van der Waals surface area contributed by atoms with E-state index in [1.54, 1.807) is 0 Å². The average molecular weight is 303 g/mol. The number of aliphatic hydroxyl groups is 1. The minimum atomic E-state index is -4.51. The van der Waals surface area contributed by atoms with E-state index in [-0.39, 0.29) is 36.5 Å². The van der Waals surface area contributed by atoms with Crippen LogP contribution in [0.1, 0.15) is 36.8 Å². The van der Waals surface area contributed by atoms with Crippen LogP contribution in [0.25, 0.3) is 0 Å². The van der Waals surface area contributed by atoms with Gasteiger partial charge in [0.1, 0.15) is 0 Å². The largest absolute Gasteiger partial charge is 0.481 e. The van der Waals surface area contributed by atoms with Gasteiger partial charge in [-0.2, -0.15) is 13.2 Å². The van der Waals surface area contributed by atoms with Crippen molar-refractivity contribution in [3.8, 4) is 5.88 Å². The number of fused-ring (bicyclic) bond motifs is 2. The summed E-state index contributed by atoms with van der Waals surface area (Å²) in [5.74, 6) is 0.0341. The van der Waals surface area contributed by atoms with Crippen LogP contribution in [0, 0.1) is 0 Å². The van der Waals surface area contributed by atoms with Gasteiger partial charge in [-0.15, -0.1) is 0 Å². The van der Waals surface area contributed by atoms with Crippen LogP contribution in [0.3, 0.4) is 0 Å². The van der Waals surface area contributed by atoms with Crippen LogP contribution in [-0.2, 0) is 16.5 Å². The number of pyridine rings is 1. The third-order valence-corrected chi connectivity index (χ3v) is 4.20. The molecule has 3 rings (SSSR count). The number of hydrogen-bond acceptors (Lipinski definition) is 4. The predicted molar refractivity (Wildman–Crippen MR) is 66.8 cm³/mol. The van der Waals surface area contributed by atoms with E-state index in [0.29, 0.717) is 0 Å². The standard InChI is InChI=1S/C14H16F3NO3/c1-20-12-11(4-8(7-18-12)14(15,16)17)13(19)5-9-2-3-10(6-13)21-9/h4,7,9-10,19H,2-3,5-6H2,1H3. The number of rotatable bonds is 2. The summed E-state index contributed by atoms with van der Waals surface area (Å²) < 4.78 is 49.3. The third kappa shape index (κ3) is 2.60. The third-order valence-electron chi connectivity index (χ3n) is 4.20. The Hall–Kier alpha value is -1.34. The number of nitrogens with zero attached hydrogens (tertiary/aromatic N) is 1. The monoisotopic (exact) mass is 303 g/mol. The molecule has 0 radical (unpaired) electrons. The lowest BCUT2D eigenvalue weighted by atomic mass is 9.83. The van der Waals surface area contributed by atoms with Crippen LogP contribution < -0.4 is 4.74 Å². The van der Waals surface area contributed by atoms with Crippen molar-refractivity contribution in [2.75, 3.05) is 7.11 Å². The number of alkyl halides is 3. The molecule has 116 valence electrons. The molecule has 3 heterocycles. The van der Waals surface area contributed by atoms with Crippen LogP contribution >= 0.6 is 0 Å². The smallest absolute Gasteiger partial charge is 0.417 e. The highest BCUT2D eigenvalue weighted by molar-refractivity contribution is 5.37. The maximum Gasteiger partial charge on any atom is 0.417 e. The second-order valence-electron chi connectivity index (χ2n) is 5.68. The van der Waals surface area contributed by atoms with Gasteiger partial charge in [0.15, 0.2) is 0 Å². The second-order valence-corrected chi connectivity index (χ2v) is 5.68. The van der Waals surface area contributed by atoms with E-state index in [2.05, 4.69) is 4.98 Å². The molecule has 2 aliphatic heterocycles. The van der Waals surface area contributed by atoms with Crippen molar-refractivity contribution in [3.05, 3.63) is 23.4 Å². The highest BCUT2D eigenvalue weighted by Gasteiger charge is 2.47. The molecule has 0 amide bonds. The first-order chi connectivity index (χ1) is 9.82. The summed E-state index contributed by atoms with van der Waals surface area (Å²) >= 11 is 0. The SMILES string of the molecule is COc1ncc(C(F)(F)F)cc1C1(O)CC2CCC(C1)O2. The number of halogens is 3. The molecule has 0 saturated carbocycles. The van der Waals surface area contributed by atoms with Gasteiger partial charge < -0.3 is 14.6 Å².